The lowest BCUT2D eigenvalue weighted by molar-refractivity contribution is 0.122. The smallest absolute Gasteiger partial charge is 0.326 e. The zero-order valence-electron chi connectivity index (χ0n) is 27.2. The number of benzene rings is 3. The monoisotopic (exact) mass is 735 g/mol. The van der Waals surface area contributed by atoms with Crippen LogP contribution < -0.4 is 9.46 Å². The van der Waals surface area contributed by atoms with Crippen molar-refractivity contribution < 1.29 is 26.4 Å². The van der Waals surface area contributed by atoms with Crippen LogP contribution in [0.2, 0.25) is 10.0 Å². The molecule has 1 fully saturated rings. The molecule has 5 rings (SSSR count). The van der Waals surface area contributed by atoms with Gasteiger partial charge in [-0.05, 0) is 74.0 Å². The molecule has 0 bridgehead atoms. The average molecular weight is 737 g/mol. The van der Waals surface area contributed by atoms with Crippen molar-refractivity contribution in [1.29, 1.82) is 0 Å². The van der Waals surface area contributed by atoms with Crippen molar-refractivity contribution in [3.05, 3.63) is 93.0 Å². The standard InChI is InChI=1S/C33H39Cl2N5O6S2/c1-5-46-28-20-22(2)29(48(44,45)36-3)21-27(28)32-37-30(23-6-10-25(34)11-7-23)31(24-8-12-26(35)13-9-24)40(32)33(41)39-16-14-38(15-17-39)18-19-47(4,42)43/h6-13,20-21,30-31,36H,5,14-19H2,1-4H3/t30?,31-/m1/s1. The average Bonchev–Trinajstić information content (AvgIpc) is 3.44. The van der Waals surface area contributed by atoms with E-state index in [1.807, 2.05) is 36.1 Å². The highest BCUT2D eigenvalue weighted by Crippen LogP contribution is 2.46. The Balaban J connectivity index is 1.66. The normalized spacial score (nSPS) is 19.0. The zero-order chi connectivity index (χ0) is 34.8. The molecule has 3 aromatic rings. The molecule has 0 radical (unpaired) electrons. The number of amidine groups is 1. The lowest BCUT2D eigenvalue weighted by atomic mass is 9.93. The summed E-state index contributed by atoms with van der Waals surface area (Å²) in [5.74, 6) is 0.686. The zero-order valence-corrected chi connectivity index (χ0v) is 30.3. The number of urea groups is 1. The third kappa shape index (κ3) is 7.98. The van der Waals surface area contributed by atoms with Gasteiger partial charge >= 0.3 is 6.03 Å². The Morgan fingerprint density at radius 2 is 1.52 bits per heavy atom. The second-order valence-corrected chi connectivity index (χ2v) is 16.8. The van der Waals surface area contributed by atoms with Gasteiger partial charge in [0.05, 0.1) is 28.9 Å². The Kier molecular flexibility index (Phi) is 11.1. The summed E-state index contributed by atoms with van der Waals surface area (Å²) >= 11 is 12.6. The number of rotatable bonds is 10. The number of carbonyl (C=O) groups is 1. The van der Waals surface area contributed by atoms with Gasteiger partial charge in [-0.15, -0.1) is 0 Å². The number of amides is 2. The molecule has 1 saturated heterocycles. The SMILES string of the molecule is CCOc1cc(C)c(S(=O)(=O)NC)cc1C1=NC(c2ccc(Cl)cc2)[C@@H](c2ccc(Cl)cc2)N1C(=O)N1CCN(CCS(C)(=O)=O)CC1. The first-order valence-electron chi connectivity index (χ1n) is 15.5. The van der Waals surface area contributed by atoms with Crippen LogP contribution in [0, 0.1) is 6.92 Å². The van der Waals surface area contributed by atoms with E-state index in [2.05, 4.69) is 4.72 Å². The Morgan fingerprint density at radius 1 is 0.938 bits per heavy atom. The third-order valence-electron chi connectivity index (χ3n) is 8.49. The predicted molar refractivity (Wildman–Crippen MR) is 188 cm³/mol. The maximum Gasteiger partial charge on any atom is 0.326 e. The second kappa shape index (κ2) is 14.7. The molecule has 2 aliphatic rings. The molecule has 2 amide bonds. The summed E-state index contributed by atoms with van der Waals surface area (Å²) in [6, 6.07) is 16.1. The summed E-state index contributed by atoms with van der Waals surface area (Å²) in [5.41, 5.74) is 2.39. The van der Waals surface area contributed by atoms with Gasteiger partial charge in [-0.2, -0.15) is 0 Å². The van der Waals surface area contributed by atoms with Crippen LogP contribution in [0.4, 0.5) is 4.79 Å². The van der Waals surface area contributed by atoms with Gasteiger partial charge in [0.25, 0.3) is 0 Å². The number of piperazine rings is 1. The van der Waals surface area contributed by atoms with Crippen LogP contribution in [0.5, 0.6) is 5.75 Å². The van der Waals surface area contributed by atoms with E-state index in [1.165, 1.54) is 19.4 Å². The minimum Gasteiger partial charge on any atom is -0.493 e. The third-order valence-corrected chi connectivity index (χ3v) is 11.5. The van der Waals surface area contributed by atoms with E-state index in [9.17, 15) is 21.6 Å². The number of aryl methyl sites for hydroxylation is 1. The second-order valence-electron chi connectivity index (χ2n) is 11.8. The summed E-state index contributed by atoms with van der Waals surface area (Å²) < 4.78 is 58.3. The molecule has 2 atom stereocenters. The molecule has 0 saturated carbocycles. The van der Waals surface area contributed by atoms with Gasteiger partial charge in [0.1, 0.15) is 27.5 Å². The van der Waals surface area contributed by atoms with Crippen LogP contribution in [0.25, 0.3) is 0 Å². The lowest BCUT2D eigenvalue weighted by Crippen LogP contribution is -2.54. The van der Waals surface area contributed by atoms with E-state index < -0.39 is 31.9 Å². The number of sulfonamides is 1. The Bertz CT molecular complexity index is 1900. The first-order chi connectivity index (χ1) is 22.7. The molecule has 3 aromatic carbocycles. The van der Waals surface area contributed by atoms with E-state index in [0.717, 1.165) is 11.1 Å². The van der Waals surface area contributed by atoms with Gasteiger partial charge in [0.15, 0.2) is 0 Å². The topological polar surface area (TPSA) is 129 Å². The van der Waals surface area contributed by atoms with E-state index in [-0.39, 0.29) is 22.5 Å². The van der Waals surface area contributed by atoms with Crippen LogP contribution in [-0.4, -0.2) is 102 Å². The lowest BCUT2D eigenvalue weighted by Gasteiger charge is -2.39. The number of hydrogen-bond acceptors (Lipinski definition) is 8. The van der Waals surface area contributed by atoms with Crippen molar-refractivity contribution >= 4 is 54.9 Å². The molecule has 0 aromatic heterocycles. The predicted octanol–water partition coefficient (Wildman–Crippen LogP) is 4.94. The molecule has 48 heavy (non-hydrogen) atoms. The van der Waals surface area contributed by atoms with Crippen molar-refractivity contribution in [3.8, 4) is 5.75 Å². The minimum absolute atomic E-state index is 0.0380. The molecule has 0 spiro atoms. The molecule has 258 valence electrons. The van der Waals surface area contributed by atoms with E-state index in [1.54, 1.807) is 47.1 Å². The number of ether oxygens (including phenoxy) is 1. The molecular formula is C33H39Cl2N5O6S2. The maximum atomic E-state index is 14.8. The van der Waals surface area contributed by atoms with Gasteiger partial charge in [-0.3, -0.25) is 14.8 Å². The first-order valence-corrected chi connectivity index (χ1v) is 19.8. The molecule has 1 unspecified atom stereocenters. The number of hydrogen-bond donors (Lipinski definition) is 1. The molecular weight excluding hydrogens is 697 g/mol. The van der Waals surface area contributed by atoms with Gasteiger partial charge in [0.2, 0.25) is 10.0 Å². The molecule has 0 aliphatic carbocycles. The van der Waals surface area contributed by atoms with Crippen molar-refractivity contribution in [2.24, 2.45) is 4.99 Å². The summed E-state index contributed by atoms with van der Waals surface area (Å²) in [6.07, 6.45) is 1.21. The minimum atomic E-state index is -3.89. The number of carbonyl (C=O) groups excluding carboxylic acids is 1. The van der Waals surface area contributed by atoms with E-state index in [0.29, 0.717) is 66.3 Å². The first kappa shape index (κ1) is 36.1. The van der Waals surface area contributed by atoms with Crippen molar-refractivity contribution in [2.75, 3.05) is 58.4 Å². The summed E-state index contributed by atoms with van der Waals surface area (Å²) in [6.45, 7) is 5.89. The molecule has 11 nitrogen and oxygen atoms in total. The van der Waals surface area contributed by atoms with Gasteiger partial charge in [-0.1, -0.05) is 47.5 Å². The van der Waals surface area contributed by atoms with Crippen LogP contribution in [0.15, 0.2) is 70.6 Å². The molecule has 2 heterocycles. The summed E-state index contributed by atoms with van der Waals surface area (Å²) in [5, 5.41) is 1.08. The summed E-state index contributed by atoms with van der Waals surface area (Å²) in [4.78, 5) is 25.4. The van der Waals surface area contributed by atoms with Crippen molar-refractivity contribution in [2.45, 2.75) is 30.8 Å². The largest absolute Gasteiger partial charge is 0.493 e. The fourth-order valence-electron chi connectivity index (χ4n) is 5.98. The Hall–Kier alpha value is -3.20. The number of nitrogens with zero attached hydrogens (tertiary/aromatic N) is 4. The van der Waals surface area contributed by atoms with Crippen molar-refractivity contribution in [1.82, 2.24) is 19.4 Å². The molecule has 15 heteroatoms. The molecule has 1 N–H and O–H groups in total. The van der Waals surface area contributed by atoms with Crippen LogP contribution >= 0.6 is 23.2 Å². The highest BCUT2D eigenvalue weighted by atomic mass is 35.5. The summed E-state index contributed by atoms with van der Waals surface area (Å²) in [7, 11) is -5.67. The molecule has 2 aliphatic heterocycles. The van der Waals surface area contributed by atoms with Crippen LogP contribution in [0.3, 0.4) is 0 Å². The van der Waals surface area contributed by atoms with E-state index >= 15 is 0 Å². The number of halogens is 2. The van der Waals surface area contributed by atoms with Crippen molar-refractivity contribution in [3.63, 3.8) is 0 Å². The maximum absolute atomic E-state index is 14.8. The highest BCUT2D eigenvalue weighted by Gasteiger charge is 2.45. The fraction of sp³-hybridized carbons (Fsp3) is 0.394. The Morgan fingerprint density at radius 3 is 2.06 bits per heavy atom. The number of aliphatic imine (C=N–C) groups is 1. The Labute approximate surface area is 292 Å². The fourth-order valence-corrected chi connectivity index (χ4v) is 7.79. The quantitative estimate of drug-likeness (QED) is 0.313. The van der Waals surface area contributed by atoms with Crippen LogP contribution in [0.1, 0.15) is 41.3 Å². The highest BCUT2D eigenvalue weighted by molar-refractivity contribution is 7.90. The number of nitrogens with one attached hydrogen (secondary N) is 1. The van der Waals surface area contributed by atoms with Gasteiger partial charge in [0, 0.05) is 49.0 Å². The van der Waals surface area contributed by atoms with E-state index in [4.69, 9.17) is 32.9 Å². The van der Waals surface area contributed by atoms with Gasteiger partial charge < -0.3 is 9.64 Å². The van der Waals surface area contributed by atoms with Crippen LogP contribution in [-0.2, 0) is 19.9 Å². The van der Waals surface area contributed by atoms with Gasteiger partial charge in [-0.25, -0.2) is 26.4 Å². The number of sulfone groups is 1.